The van der Waals surface area contributed by atoms with Gasteiger partial charge in [-0.2, -0.15) is 4.31 Å². The van der Waals surface area contributed by atoms with Crippen molar-refractivity contribution in [1.82, 2.24) is 9.21 Å². The zero-order valence-corrected chi connectivity index (χ0v) is 21.9. The first-order valence-electron chi connectivity index (χ1n) is 10.6. The van der Waals surface area contributed by atoms with Gasteiger partial charge in [0, 0.05) is 36.2 Å². The van der Waals surface area contributed by atoms with Crippen molar-refractivity contribution in [3.8, 4) is 0 Å². The summed E-state index contributed by atoms with van der Waals surface area (Å²) in [5.41, 5.74) is 0.757. The van der Waals surface area contributed by atoms with E-state index in [0.717, 1.165) is 14.9 Å². The zero-order chi connectivity index (χ0) is 24.6. The highest BCUT2D eigenvalue weighted by molar-refractivity contribution is 9.10. The highest BCUT2D eigenvalue weighted by Gasteiger charge is 2.28. The monoisotopic (exact) mass is 568 g/mol. The van der Waals surface area contributed by atoms with Crippen LogP contribution in [-0.4, -0.2) is 50.3 Å². The number of benzene rings is 2. The molecule has 0 unspecified atom stereocenters. The van der Waals surface area contributed by atoms with Crippen molar-refractivity contribution in [2.75, 3.05) is 26.8 Å². The Morgan fingerprint density at radius 3 is 2.38 bits per heavy atom. The topological polar surface area (TPSA) is 66.9 Å². The molecule has 0 fully saturated rings. The summed E-state index contributed by atoms with van der Waals surface area (Å²) in [5.74, 6) is -0.694. The van der Waals surface area contributed by atoms with Crippen molar-refractivity contribution >= 4 is 43.2 Å². The Labute approximate surface area is 212 Å². The van der Waals surface area contributed by atoms with E-state index in [1.807, 2.05) is 17.5 Å². The van der Waals surface area contributed by atoms with Crippen LogP contribution in [0.15, 0.2) is 75.4 Å². The van der Waals surface area contributed by atoms with Gasteiger partial charge in [-0.3, -0.25) is 4.79 Å². The third-order valence-corrected chi connectivity index (χ3v) is 8.33. The van der Waals surface area contributed by atoms with Crippen LogP contribution in [0.3, 0.4) is 0 Å². The molecule has 0 spiro atoms. The van der Waals surface area contributed by atoms with Crippen LogP contribution in [-0.2, 0) is 32.6 Å². The Bertz CT molecular complexity index is 1150. The van der Waals surface area contributed by atoms with E-state index in [1.165, 1.54) is 39.9 Å². The minimum atomic E-state index is -3.90. The van der Waals surface area contributed by atoms with Crippen LogP contribution in [0.4, 0.5) is 4.39 Å². The quantitative estimate of drug-likeness (QED) is 0.291. The Balaban J connectivity index is 1.84. The summed E-state index contributed by atoms with van der Waals surface area (Å²) in [7, 11) is -2.36. The number of sulfonamides is 1. The summed E-state index contributed by atoms with van der Waals surface area (Å²) in [6, 6.07) is 16.1. The molecule has 0 saturated heterocycles. The van der Waals surface area contributed by atoms with Gasteiger partial charge in [-0.15, -0.1) is 11.3 Å². The molecule has 3 rings (SSSR count). The molecule has 1 heterocycles. The normalized spacial score (nSPS) is 11.6. The first-order valence-corrected chi connectivity index (χ1v) is 13.7. The van der Waals surface area contributed by atoms with Crippen LogP contribution in [0.25, 0.3) is 0 Å². The van der Waals surface area contributed by atoms with E-state index < -0.39 is 10.0 Å². The molecule has 0 saturated carbocycles. The van der Waals surface area contributed by atoms with Crippen molar-refractivity contribution < 1.29 is 22.3 Å². The Hall–Kier alpha value is -2.11. The third-order valence-electron chi connectivity index (χ3n) is 5.09. The van der Waals surface area contributed by atoms with E-state index in [0.29, 0.717) is 19.6 Å². The average molecular weight is 570 g/mol. The van der Waals surface area contributed by atoms with E-state index in [9.17, 15) is 17.6 Å². The fourth-order valence-electron chi connectivity index (χ4n) is 3.31. The molecule has 3 aromatic rings. The van der Waals surface area contributed by atoms with Crippen LogP contribution in [0.5, 0.6) is 0 Å². The maximum absolute atomic E-state index is 13.4. The number of amides is 1. The Morgan fingerprint density at radius 1 is 1.06 bits per heavy atom. The molecule has 182 valence electrons. The fourth-order valence-corrected chi connectivity index (χ4v) is 5.72. The lowest BCUT2D eigenvalue weighted by molar-refractivity contribution is -0.132. The number of carbonyl (C=O) groups is 1. The van der Waals surface area contributed by atoms with Crippen molar-refractivity contribution in [1.29, 1.82) is 0 Å². The van der Waals surface area contributed by atoms with E-state index in [2.05, 4.69) is 15.9 Å². The maximum Gasteiger partial charge on any atom is 0.243 e. The smallest absolute Gasteiger partial charge is 0.243 e. The minimum Gasteiger partial charge on any atom is -0.385 e. The zero-order valence-electron chi connectivity index (χ0n) is 18.7. The molecule has 6 nitrogen and oxygen atoms in total. The minimum absolute atomic E-state index is 0.115. The fraction of sp³-hybridized carbons (Fsp3) is 0.292. The summed E-state index contributed by atoms with van der Waals surface area (Å²) in [6.45, 7) is 0.768. The van der Waals surface area contributed by atoms with E-state index in [1.54, 1.807) is 36.3 Å². The van der Waals surface area contributed by atoms with Gasteiger partial charge in [0.25, 0.3) is 0 Å². The van der Waals surface area contributed by atoms with Gasteiger partial charge in [0.15, 0.2) is 0 Å². The van der Waals surface area contributed by atoms with Gasteiger partial charge in [0.2, 0.25) is 15.9 Å². The van der Waals surface area contributed by atoms with Gasteiger partial charge in [-0.1, -0.05) is 34.1 Å². The molecule has 1 aromatic heterocycles. The molecule has 0 atom stereocenters. The number of methoxy groups -OCH3 is 1. The first-order chi connectivity index (χ1) is 16.3. The SMILES string of the molecule is COCCCN(CC(=O)N(Cc1ccc(F)cc1)Cc1cccs1)S(=O)(=O)c1ccc(Br)cc1. The largest absolute Gasteiger partial charge is 0.385 e. The highest BCUT2D eigenvalue weighted by Crippen LogP contribution is 2.21. The molecule has 1 amide bonds. The van der Waals surface area contributed by atoms with Gasteiger partial charge < -0.3 is 9.64 Å². The molecular weight excluding hydrogens is 543 g/mol. The summed E-state index contributed by atoms with van der Waals surface area (Å²) in [5, 5.41) is 1.92. The molecule has 0 aliphatic carbocycles. The molecular formula is C24H26BrFN2O4S2. The first kappa shape index (κ1) is 26.5. The lowest BCUT2D eigenvalue weighted by atomic mass is 10.2. The second kappa shape index (κ2) is 12.6. The van der Waals surface area contributed by atoms with E-state index in [-0.39, 0.29) is 36.3 Å². The highest BCUT2D eigenvalue weighted by atomic mass is 79.9. The van der Waals surface area contributed by atoms with Crippen LogP contribution < -0.4 is 0 Å². The van der Waals surface area contributed by atoms with E-state index in [4.69, 9.17) is 4.74 Å². The molecule has 2 aromatic carbocycles. The molecule has 34 heavy (non-hydrogen) atoms. The molecule has 0 aliphatic rings. The van der Waals surface area contributed by atoms with Crippen LogP contribution in [0.1, 0.15) is 16.9 Å². The average Bonchev–Trinajstić information content (AvgIpc) is 3.33. The number of halogens is 2. The molecule has 0 bridgehead atoms. The Morgan fingerprint density at radius 2 is 1.76 bits per heavy atom. The van der Waals surface area contributed by atoms with Crippen molar-refractivity contribution in [3.05, 3.63) is 86.8 Å². The van der Waals surface area contributed by atoms with Crippen LogP contribution >= 0.6 is 27.3 Å². The molecule has 10 heteroatoms. The van der Waals surface area contributed by atoms with Gasteiger partial charge in [0.1, 0.15) is 5.82 Å². The number of hydrogen-bond donors (Lipinski definition) is 0. The van der Waals surface area contributed by atoms with E-state index >= 15 is 0 Å². The predicted octanol–water partition coefficient (Wildman–Crippen LogP) is 4.91. The van der Waals surface area contributed by atoms with Crippen LogP contribution in [0.2, 0.25) is 0 Å². The predicted molar refractivity (Wildman–Crippen MR) is 134 cm³/mol. The third kappa shape index (κ3) is 7.44. The van der Waals surface area contributed by atoms with Gasteiger partial charge in [-0.25, -0.2) is 12.8 Å². The second-order valence-corrected chi connectivity index (χ2v) is 11.5. The standard InChI is InChI=1S/C24H26BrFN2O4S2/c1-32-14-3-13-28(34(30,31)23-11-7-20(25)8-12-23)18-24(29)27(17-22-4-2-15-33-22)16-19-5-9-21(26)10-6-19/h2,4-12,15H,3,13-14,16-18H2,1H3. The van der Waals surface area contributed by atoms with Gasteiger partial charge >= 0.3 is 0 Å². The summed E-state index contributed by atoms with van der Waals surface area (Å²) in [4.78, 5) is 16.1. The van der Waals surface area contributed by atoms with Gasteiger partial charge in [0.05, 0.1) is 18.0 Å². The summed E-state index contributed by atoms with van der Waals surface area (Å²) >= 11 is 4.83. The molecule has 0 radical (unpaired) electrons. The van der Waals surface area contributed by atoms with Crippen molar-refractivity contribution in [2.24, 2.45) is 0 Å². The summed E-state index contributed by atoms with van der Waals surface area (Å²) < 4.78 is 47.1. The summed E-state index contributed by atoms with van der Waals surface area (Å²) in [6.07, 6.45) is 0.447. The lowest BCUT2D eigenvalue weighted by Gasteiger charge is -2.27. The number of ether oxygens (including phenoxy) is 1. The molecule has 0 N–H and O–H groups in total. The number of carbonyl (C=O) groups excluding carboxylic acids is 1. The number of hydrogen-bond acceptors (Lipinski definition) is 5. The van der Waals surface area contributed by atoms with Crippen LogP contribution in [0, 0.1) is 5.82 Å². The second-order valence-electron chi connectivity index (χ2n) is 7.59. The van der Waals surface area contributed by atoms with Crippen molar-refractivity contribution in [3.63, 3.8) is 0 Å². The van der Waals surface area contributed by atoms with Crippen molar-refractivity contribution in [2.45, 2.75) is 24.4 Å². The number of rotatable bonds is 12. The molecule has 0 aliphatic heterocycles. The maximum atomic E-state index is 13.4. The number of thiophene rings is 1. The van der Waals surface area contributed by atoms with Gasteiger partial charge in [-0.05, 0) is 59.8 Å². The Kier molecular flexibility index (Phi) is 9.78. The number of nitrogens with zero attached hydrogens (tertiary/aromatic N) is 2. The lowest BCUT2D eigenvalue weighted by Crippen LogP contribution is -2.43.